The Balaban J connectivity index is 1.95. The van der Waals surface area contributed by atoms with E-state index in [1.165, 1.54) is 0 Å². The van der Waals surface area contributed by atoms with Crippen LogP contribution in [0.3, 0.4) is 0 Å². The van der Waals surface area contributed by atoms with Crippen molar-refractivity contribution in [2.75, 3.05) is 13.1 Å². The Hall–Kier alpha value is -1.62. The Morgan fingerprint density at radius 1 is 1.55 bits per heavy atom. The van der Waals surface area contributed by atoms with Crippen LogP contribution < -0.4 is 0 Å². The molecule has 1 atom stereocenters. The van der Waals surface area contributed by atoms with Gasteiger partial charge in [-0.2, -0.15) is 0 Å². The number of aliphatic hydroxyl groups is 1. The van der Waals surface area contributed by atoms with Crippen molar-refractivity contribution in [1.29, 1.82) is 0 Å². The highest BCUT2D eigenvalue weighted by atomic mass is 16.6. The Kier molecular flexibility index (Phi) is 3.99. The summed E-state index contributed by atoms with van der Waals surface area (Å²) in [6, 6.07) is 3.78. The largest absolute Gasteiger partial charge is 0.444 e. The molecule has 0 saturated carbocycles. The predicted molar refractivity (Wildman–Crippen MR) is 75.3 cm³/mol. The summed E-state index contributed by atoms with van der Waals surface area (Å²) in [4.78, 5) is 17.6. The van der Waals surface area contributed by atoms with Crippen LogP contribution in [0.5, 0.6) is 0 Å². The van der Waals surface area contributed by atoms with Gasteiger partial charge in [0.1, 0.15) is 5.60 Å². The number of hydrogen-bond donors (Lipinski definition) is 1. The monoisotopic (exact) mass is 278 g/mol. The second-order valence-electron chi connectivity index (χ2n) is 6.41. The molecule has 0 aliphatic carbocycles. The molecule has 0 bridgehead atoms. The fraction of sp³-hybridized carbons (Fsp3) is 0.600. The van der Waals surface area contributed by atoms with E-state index >= 15 is 0 Å². The van der Waals surface area contributed by atoms with E-state index < -0.39 is 11.2 Å². The van der Waals surface area contributed by atoms with Gasteiger partial charge >= 0.3 is 6.09 Å². The van der Waals surface area contributed by atoms with Gasteiger partial charge in [-0.15, -0.1) is 0 Å². The van der Waals surface area contributed by atoms with Gasteiger partial charge in [0.2, 0.25) is 0 Å². The fourth-order valence-electron chi connectivity index (χ4n) is 2.37. The van der Waals surface area contributed by atoms with Gasteiger partial charge in [0.25, 0.3) is 0 Å². The topological polar surface area (TPSA) is 62.7 Å². The van der Waals surface area contributed by atoms with E-state index in [0.29, 0.717) is 25.9 Å². The Labute approximate surface area is 119 Å². The molecule has 1 aliphatic heterocycles. The number of nitrogens with zero attached hydrogens (tertiary/aromatic N) is 2. The van der Waals surface area contributed by atoms with Crippen LogP contribution in [0.2, 0.25) is 0 Å². The maximum atomic E-state index is 12.0. The van der Waals surface area contributed by atoms with E-state index in [9.17, 15) is 9.90 Å². The van der Waals surface area contributed by atoms with Gasteiger partial charge in [-0.1, -0.05) is 6.07 Å². The molecule has 110 valence electrons. The number of carbonyl (C=O) groups excluding carboxylic acids is 1. The lowest BCUT2D eigenvalue weighted by Crippen LogP contribution is -2.40. The van der Waals surface area contributed by atoms with Crippen LogP contribution in [0.4, 0.5) is 4.79 Å². The van der Waals surface area contributed by atoms with Crippen molar-refractivity contribution >= 4 is 6.09 Å². The first-order chi connectivity index (χ1) is 9.27. The van der Waals surface area contributed by atoms with Crippen LogP contribution in [-0.4, -0.2) is 45.4 Å². The number of hydrogen-bond acceptors (Lipinski definition) is 4. The summed E-state index contributed by atoms with van der Waals surface area (Å²) < 4.78 is 5.33. The van der Waals surface area contributed by atoms with Crippen LogP contribution in [0.1, 0.15) is 32.8 Å². The highest BCUT2D eigenvalue weighted by Gasteiger charge is 2.39. The van der Waals surface area contributed by atoms with E-state index in [2.05, 4.69) is 4.98 Å². The summed E-state index contributed by atoms with van der Waals surface area (Å²) in [5.74, 6) is 0. The predicted octanol–water partition coefficient (Wildman–Crippen LogP) is 2.00. The molecule has 1 amide bonds. The third kappa shape index (κ3) is 3.93. The smallest absolute Gasteiger partial charge is 0.410 e. The quantitative estimate of drug-likeness (QED) is 0.898. The molecule has 2 heterocycles. The molecule has 5 nitrogen and oxygen atoms in total. The zero-order chi connectivity index (χ0) is 14.8. The summed E-state index contributed by atoms with van der Waals surface area (Å²) in [5.41, 5.74) is -0.429. The van der Waals surface area contributed by atoms with Crippen molar-refractivity contribution in [3.05, 3.63) is 30.1 Å². The van der Waals surface area contributed by atoms with E-state index in [0.717, 1.165) is 5.56 Å². The molecule has 1 aliphatic rings. The molecular formula is C15H22N2O3. The zero-order valence-electron chi connectivity index (χ0n) is 12.3. The molecule has 1 N–H and O–H groups in total. The minimum absolute atomic E-state index is 0.302. The first-order valence-electron chi connectivity index (χ1n) is 6.87. The summed E-state index contributed by atoms with van der Waals surface area (Å²) in [6.07, 6.45) is 4.14. The SMILES string of the molecule is CC(C)(C)OC(=O)N1CCC(O)(Cc2cccnc2)C1. The lowest BCUT2D eigenvalue weighted by Gasteiger charge is -2.26. The number of pyridine rings is 1. The van der Waals surface area contributed by atoms with Gasteiger partial charge in [-0.3, -0.25) is 4.98 Å². The number of carbonyl (C=O) groups is 1. The number of ether oxygens (including phenoxy) is 1. The lowest BCUT2D eigenvalue weighted by atomic mass is 9.95. The molecule has 0 spiro atoms. The molecule has 0 aromatic carbocycles. The van der Waals surface area contributed by atoms with Gasteiger partial charge < -0.3 is 14.7 Å². The minimum Gasteiger partial charge on any atom is -0.444 e. The van der Waals surface area contributed by atoms with Crippen molar-refractivity contribution < 1.29 is 14.6 Å². The molecular weight excluding hydrogens is 256 g/mol. The van der Waals surface area contributed by atoms with Gasteiger partial charge in [0, 0.05) is 25.4 Å². The average Bonchev–Trinajstić information content (AvgIpc) is 2.71. The highest BCUT2D eigenvalue weighted by Crippen LogP contribution is 2.26. The highest BCUT2D eigenvalue weighted by molar-refractivity contribution is 5.68. The molecule has 5 heteroatoms. The van der Waals surface area contributed by atoms with Crippen molar-refractivity contribution in [2.45, 2.75) is 44.8 Å². The normalized spacial score (nSPS) is 22.9. The number of β-amino-alcohol motifs (C(OH)–C–C–N with tert-alkyl or cyclic N) is 1. The molecule has 20 heavy (non-hydrogen) atoms. The molecule has 1 fully saturated rings. The van der Waals surface area contributed by atoms with Gasteiger partial charge in [0.05, 0.1) is 12.1 Å². The van der Waals surface area contributed by atoms with E-state index in [1.54, 1.807) is 17.3 Å². The summed E-state index contributed by atoms with van der Waals surface area (Å²) >= 11 is 0. The lowest BCUT2D eigenvalue weighted by molar-refractivity contribution is 0.0153. The van der Waals surface area contributed by atoms with Crippen LogP contribution in [0, 0.1) is 0 Å². The van der Waals surface area contributed by atoms with Crippen molar-refractivity contribution in [1.82, 2.24) is 9.88 Å². The van der Waals surface area contributed by atoms with E-state index in [1.807, 2.05) is 32.9 Å². The average molecular weight is 278 g/mol. The van der Waals surface area contributed by atoms with Crippen LogP contribution >= 0.6 is 0 Å². The first kappa shape index (κ1) is 14.8. The molecule has 1 unspecified atom stereocenters. The number of amides is 1. The van der Waals surface area contributed by atoms with E-state index in [4.69, 9.17) is 4.74 Å². The van der Waals surface area contributed by atoms with Gasteiger partial charge in [-0.05, 0) is 38.8 Å². The van der Waals surface area contributed by atoms with Crippen LogP contribution in [0.25, 0.3) is 0 Å². The maximum absolute atomic E-state index is 12.0. The van der Waals surface area contributed by atoms with Gasteiger partial charge in [0.15, 0.2) is 0 Å². The minimum atomic E-state index is -0.889. The standard InChI is InChI=1S/C15H22N2O3/c1-14(2,3)20-13(18)17-8-6-15(19,11-17)9-12-5-4-7-16-10-12/h4-5,7,10,19H,6,8-9,11H2,1-3H3. The summed E-state index contributed by atoms with van der Waals surface area (Å²) in [5, 5.41) is 10.6. The molecule has 1 aromatic rings. The molecule has 1 aromatic heterocycles. The summed E-state index contributed by atoms with van der Waals surface area (Å²) in [6.45, 7) is 6.33. The number of rotatable bonds is 2. The fourth-order valence-corrected chi connectivity index (χ4v) is 2.37. The number of likely N-dealkylation sites (tertiary alicyclic amines) is 1. The maximum Gasteiger partial charge on any atom is 0.410 e. The Bertz CT molecular complexity index is 470. The van der Waals surface area contributed by atoms with Crippen LogP contribution in [0.15, 0.2) is 24.5 Å². The second kappa shape index (κ2) is 5.40. The zero-order valence-corrected chi connectivity index (χ0v) is 12.3. The third-order valence-corrected chi connectivity index (χ3v) is 3.24. The van der Waals surface area contributed by atoms with Crippen LogP contribution in [-0.2, 0) is 11.2 Å². The summed E-state index contributed by atoms with van der Waals surface area (Å²) in [7, 11) is 0. The number of aromatic nitrogens is 1. The third-order valence-electron chi connectivity index (χ3n) is 3.24. The van der Waals surface area contributed by atoms with Crippen molar-refractivity contribution in [3.63, 3.8) is 0 Å². The Morgan fingerprint density at radius 2 is 2.30 bits per heavy atom. The van der Waals surface area contributed by atoms with E-state index in [-0.39, 0.29) is 6.09 Å². The molecule has 1 saturated heterocycles. The Morgan fingerprint density at radius 3 is 2.90 bits per heavy atom. The first-order valence-corrected chi connectivity index (χ1v) is 6.87. The second-order valence-corrected chi connectivity index (χ2v) is 6.41. The van der Waals surface area contributed by atoms with Crippen molar-refractivity contribution in [2.24, 2.45) is 0 Å². The van der Waals surface area contributed by atoms with Gasteiger partial charge in [-0.25, -0.2) is 4.79 Å². The molecule has 0 radical (unpaired) electrons. The molecule has 2 rings (SSSR count). The van der Waals surface area contributed by atoms with Crippen molar-refractivity contribution in [3.8, 4) is 0 Å².